The molecule has 23 heavy (non-hydrogen) atoms. The highest BCUT2D eigenvalue weighted by Crippen LogP contribution is 2.26. The fraction of sp³-hybridized carbons (Fsp3) is 0.688. The van der Waals surface area contributed by atoms with Crippen molar-refractivity contribution in [3.8, 4) is 0 Å². The third-order valence-corrected chi connectivity index (χ3v) is 4.17. The molecule has 0 N–H and O–H groups in total. The van der Waals surface area contributed by atoms with E-state index in [1.165, 1.54) is 0 Å². The number of morpholine rings is 1. The van der Waals surface area contributed by atoms with Crippen LogP contribution in [0.25, 0.3) is 11.0 Å². The van der Waals surface area contributed by atoms with Crippen LogP contribution in [0.4, 0.5) is 5.82 Å². The number of hydrogen-bond acceptors (Lipinski definition) is 6. The Kier molecular flexibility index (Phi) is 5.07. The maximum Gasteiger partial charge on any atom is 0.163 e. The molecule has 2 aromatic rings. The van der Waals surface area contributed by atoms with Gasteiger partial charge in [0.2, 0.25) is 0 Å². The molecular weight excluding hydrogens is 294 g/mol. The summed E-state index contributed by atoms with van der Waals surface area (Å²) in [7, 11) is 3.65. The largest absolute Gasteiger partial charge is 0.385 e. The molecule has 2 aromatic heterocycles. The third-order valence-electron chi connectivity index (χ3n) is 4.17. The topological polar surface area (TPSA) is 65.3 Å². The van der Waals surface area contributed by atoms with E-state index in [2.05, 4.69) is 21.9 Å². The first-order valence-corrected chi connectivity index (χ1v) is 8.27. The predicted octanol–water partition coefficient (Wildman–Crippen LogP) is 1.56. The Morgan fingerprint density at radius 1 is 1.39 bits per heavy atom. The van der Waals surface area contributed by atoms with Crippen LogP contribution in [-0.2, 0) is 22.9 Å². The van der Waals surface area contributed by atoms with Gasteiger partial charge in [0.25, 0.3) is 0 Å². The van der Waals surface area contributed by atoms with Gasteiger partial charge in [0.05, 0.1) is 24.3 Å². The lowest BCUT2D eigenvalue weighted by Gasteiger charge is -2.34. The van der Waals surface area contributed by atoms with Crippen LogP contribution in [0, 0.1) is 0 Å². The molecule has 1 atom stereocenters. The molecule has 1 aliphatic rings. The number of rotatable bonds is 6. The summed E-state index contributed by atoms with van der Waals surface area (Å²) >= 11 is 0. The highest BCUT2D eigenvalue weighted by atomic mass is 16.5. The standard InChI is InChI=1S/C16H25N5O2/c1-4-5-14-18-15-13(10-17-20(15)2)16(19-14)21-7-9-23-12(11-21)6-8-22-3/h10,12H,4-9,11H2,1-3H3. The van der Waals surface area contributed by atoms with Crippen LogP contribution in [0.5, 0.6) is 0 Å². The van der Waals surface area contributed by atoms with E-state index >= 15 is 0 Å². The molecular formula is C16H25N5O2. The summed E-state index contributed by atoms with van der Waals surface area (Å²) in [5.74, 6) is 1.87. The van der Waals surface area contributed by atoms with Gasteiger partial charge in [0.15, 0.2) is 5.65 Å². The van der Waals surface area contributed by atoms with Crippen molar-refractivity contribution in [3.63, 3.8) is 0 Å². The number of anilines is 1. The molecule has 1 saturated heterocycles. The molecule has 0 spiro atoms. The van der Waals surface area contributed by atoms with Crippen molar-refractivity contribution in [2.45, 2.75) is 32.3 Å². The van der Waals surface area contributed by atoms with Gasteiger partial charge in [0, 0.05) is 40.3 Å². The highest BCUT2D eigenvalue weighted by Gasteiger charge is 2.24. The van der Waals surface area contributed by atoms with Gasteiger partial charge in [-0.15, -0.1) is 0 Å². The monoisotopic (exact) mass is 319 g/mol. The molecule has 0 aliphatic carbocycles. The van der Waals surface area contributed by atoms with Crippen LogP contribution in [0.3, 0.4) is 0 Å². The highest BCUT2D eigenvalue weighted by molar-refractivity contribution is 5.87. The molecule has 126 valence electrons. The van der Waals surface area contributed by atoms with Gasteiger partial charge in [-0.1, -0.05) is 6.92 Å². The van der Waals surface area contributed by atoms with Gasteiger partial charge in [-0.3, -0.25) is 4.68 Å². The summed E-state index contributed by atoms with van der Waals surface area (Å²) < 4.78 is 12.8. The number of ether oxygens (including phenoxy) is 2. The fourth-order valence-electron chi connectivity index (χ4n) is 2.96. The molecule has 7 heteroatoms. The second-order valence-electron chi connectivity index (χ2n) is 5.94. The number of methoxy groups -OCH3 is 1. The van der Waals surface area contributed by atoms with E-state index in [4.69, 9.17) is 14.5 Å². The lowest BCUT2D eigenvalue weighted by atomic mass is 10.2. The zero-order valence-corrected chi connectivity index (χ0v) is 14.2. The summed E-state index contributed by atoms with van der Waals surface area (Å²) in [6.07, 6.45) is 4.85. The Balaban J connectivity index is 1.91. The number of aryl methyl sites for hydroxylation is 2. The first-order valence-electron chi connectivity index (χ1n) is 8.27. The molecule has 0 saturated carbocycles. The van der Waals surface area contributed by atoms with Gasteiger partial charge < -0.3 is 14.4 Å². The Hall–Kier alpha value is -1.73. The van der Waals surface area contributed by atoms with Crippen molar-refractivity contribution in [1.82, 2.24) is 19.7 Å². The average molecular weight is 319 g/mol. The minimum atomic E-state index is 0.181. The van der Waals surface area contributed by atoms with Crippen LogP contribution < -0.4 is 4.90 Å². The summed E-state index contributed by atoms with van der Waals surface area (Å²) in [5.41, 5.74) is 0.901. The lowest BCUT2D eigenvalue weighted by molar-refractivity contribution is 0.0190. The van der Waals surface area contributed by atoms with Crippen molar-refractivity contribution >= 4 is 16.9 Å². The van der Waals surface area contributed by atoms with Crippen molar-refractivity contribution in [3.05, 3.63) is 12.0 Å². The molecule has 1 aliphatic heterocycles. The number of aromatic nitrogens is 4. The summed E-state index contributed by atoms with van der Waals surface area (Å²) in [6.45, 7) is 5.24. The summed E-state index contributed by atoms with van der Waals surface area (Å²) in [4.78, 5) is 11.8. The maximum atomic E-state index is 5.84. The first-order chi connectivity index (χ1) is 11.2. The van der Waals surface area contributed by atoms with E-state index in [1.54, 1.807) is 7.11 Å². The quantitative estimate of drug-likeness (QED) is 0.805. The molecule has 7 nitrogen and oxygen atoms in total. The molecule has 0 aromatic carbocycles. The predicted molar refractivity (Wildman–Crippen MR) is 88.7 cm³/mol. The molecule has 3 heterocycles. The number of fused-ring (bicyclic) bond motifs is 1. The first kappa shape index (κ1) is 16.1. The van der Waals surface area contributed by atoms with Crippen LogP contribution >= 0.6 is 0 Å². The third kappa shape index (κ3) is 3.45. The van der Waals surface area contributed by atoms with Crippen molar-refractivity contribution in [2.24, 2.45) is 7.05 Å². The molecule has 0 radical (unpaired) electrons. The Bertz CT molecular complexity index is 657. The van der Waals surface area contributed by atoms with E-state index in [-0.39, 0.29) is 6.10 Å². The smallest absolute Gasteiger partial charge is 0.163 e. The Morgan fingerprint density at radius 2 is 2.26 bits per heavy atom. The number of nitrogens with zero attached hydrogens (tertiary/aromatic N) is 5. The van der Waals surface area contributed by atoms with E-state index in [0.29, 0.717) is 13.2 Å². The minimum absolute atomic E-state index is 0.181. The second-order valence-corrected chi connectivity index (χ2v) is 5.94. The van der Waals surface area contributed by atoms with Gasteiger partial charge in [0.1, 0.15) is 11.6 Å². The normalized spacial score (nSPS) is 18.7. The van der Waals surface area contributed by atoms with Gasteiger partial charge in [-0.2, -0.15) is 5.10 Å². The summed E-state index contributed by atoms with van der Waals surface area (Å²) in [5, 5.41) is 5.37. The molecule has 3 rings (SSSR count). The minimum Gasteiger partial charge on any atom is -0.385 e. The van der Waals surface area contributed by atoms with E-state index in [1.807, 2.05) is 17.9 Å². The summed E-state index contributed by atoms with van der Waals surface area (Å²) in [6, 6.07) is 0. The Morgan fingerprint density at radius 3 is 3.04 bits per heavy atom. The van der Waals surface area contributed by atoms with E-state index in [9.17, 15) is 0 Å². The van der Waals surface area contributed by atoms with Crippen molar-refractivity contribution in [1.29, 1.82) is 0 Å². The fourth-order valence-corrected chi connectivity index (χ4v) is 2.96. The molecule has 1 fully saturated rings. The van der Waals surface area contributed by atoms with E-state index in [0.717, 1.165) is 55.0 Å². The molecule has 0 bridgehead atoms. The maximum absolute atomic E-state index is 5.84. The van der Waals surface area contributed by atoms with Gasteiger partial charge >= 0.3 is 0 Å². The molecule has 1 unspecified atom stereocenters. The van der Waals surface area contributed by atoms with Crippen LogP contribution in [0.2, 0.25) is 0 Å². The van der Waals surface area contributed by atoms with Gasteiger partial charge in [-0.25, -0.2) is 9.97 Å². The second kappa shape index (κ2) is 7.23. The van der Waals surface area contributed by atoms with E-state index < -0.39 is 0 Å². The van der Waals surface area contributed by atoms with Crippen LogP contribution in [0.15, 0.2) is 6.20 Å². The average Bonchev–Trinajstić information content (AvgIpc) is 2.94. The zero-order chi connectivity index (χ0) is 16.2. The lowest BCUT2D eigenvalue weighted by Crippen LogP contribution is -2.43. The SMILES string of the molecule is CCCc1nc(N2CCOC(CCOC)C2)c2cnn(C)c2n1. The van der Waals surface area contributed by atoms with Gasteiger partial charge in [-0.05, 0) is 12.8 Å². The zero-order valence-electron chi connectivity index (χ0n) is 14.2. The van der Waals surface area contributed by atoms with Crippen molar-refractivity contribution < 1.29 is 9.47 Å². The molecule has 0 amide bonds. The van der Waals surface area contributed by atoms with Crippen molar-refractivity contribution in [2.75, 3.05) is 38.3 Å². The number of hydrogen-bond donors (Lipinski definition) is 0. The van der Waals surface area contributed by atoms with Crippen LogP contribution in [-0.4, -0.2) is 59.3 Å². The van der Waals surface area contributed by atoms with Crippen LogP contribution in [0.1, 0.15) is 25.6 Å². The Labute approximate surface area is 136 Å².